The first-order chi connectivity index (χ1) is 13.5. The quantitative estimate of drug-likeness (QED) is 0.820. The number of hydrogen-bond acceptors (Lipinski definition) is 7. The molecule has 0 spiro atoms. The van der Waals surface area contributed by atoms with E-state index in [-0.39, 0.29) is 17.8 Å². The molecular formula is C20H27N7O. The molecular weight excluding hydrogens is 354 g/mol. The first-order valence-corrected chi connectivity index (χ1v) is 9.97. The normalized spacial score (nSPS) is 19.4. The summed E-state index contributed by atoms with van der Waals surface area (Å²) in [6, 6.07) is 2.22. The lowest BCUT2D eigenvalue weighted by Crippen LogP contribution is -2.29. The van der Waals surface area contributed by atoms with Crippen LogP contribution in [0.25, 0.3) is 0 Å². The molecule has 1 aliphatic carbocycles. The second-order valence-electron chi connectivity index (χ2n) is 7.66. The highest BCUT2D eigenvalue weighted by atomic mass is 16.2. The van der Waals surface area contributed by atoms with Crippen LogP contribution < -0.4 is 15.5 Å². The molecule has 0 aromatic carbocycles. The van der Waals surface area contributed by atoms with E-state index in [0.717, 1.165) is 48.2 Å². The summed E-state index contributed by atoms with van der Waals surface area (Å²) in [7, 11) is 1.59. The van der Waals surface area contributed by atoms with E-state index in [0.29, 0.717) is 5.92 Å². The molecule has 1 aliphatic heterocycles. The summed E-state index contributed by atoms with van der Waals surface area (Å²) in [5, 5.41) is 6.15. The third-order valence-corrected chi connectivity index (χ3v) is 5.78. The molecule has 2 fully saturated rings. The summed E-state index contributed by atoms with van der Waals surface area (Å²) < 4.78 is 0. The lowest BCUT2D eigenvalue weighted by atomic mass is 9.85. The zero-order chi connectivity index (χ0) is 19.7. The number of nitrogens with zero attached hydrogens (tertiary/aromatic N) is 5. The van der Waals surface area contributed by atoms with Gasteiger partial charge in [0.15, 0.2) is 0 Å². The molecule has 28 heavy (non-hydrogen) atoms. The maximum Gasteiger partial charge on any atom is 0.288 e. The van der Waals surface area contributed by atoms with Crippen LogP contribution in [-0.2, 0) is 0 Å². The highest BCUT2D eigenvalue weighted by molar-refractivity contribution is 5.90. The SMILES string of the molecule is CNC(=O)c1nc(C)c(C)c(N2CC[C@@H](Nc3ccnc(C4CCC4)n3)C2)n1. The first kappa shape index (κ1) is 18.6. The molecule has 3 heterocycles. The zero-order valence-corrected chi connectivity index (χ0v) is 16.7. The van der Waals surface area contributed by atoms with Crippen LogP contribution in [0, 0.1) is 13.8 Å². The summed E-state index contributed by atoms with van der Waals surface area (Å²) >= 11 is 0. The van der Waals surface area contributed by atoms with Crippen molar-refractivity contribution in [1.82, 2.24) is 25.3 Å². The molecule has 148 valence electrons. The molecule has 1 saturated heterocycles. The van der Waals surface area contributed by atoms with Crippen molar-refractivity contribution in [2.24, 2.45) is 0 Å². The van der Waals surface area contributed by atoms with Gasteiger partial charge in [0, 0.05) is 49.6 Å². The van der Waals surface area contributed by atoms with Crippen molar-refractivity contribution >= 4 is 17.5 Å². The Bertz CT molecular complexity index is 881. The highest BCUT2D eigenvalue weighted by Gasteiger charge is 2.27. The van der Waals surface area contributed by atoms with Crippen molar-refractivity contribution in [2.75, 3.05) is 30.4 Å². The Morgan fingerprint density at radius 3 is 2.71 bits per heavy atom. The van der Waals surface area contributed by atoms with Crippen LogP contribution in [0.2, 0.25) is 0 Å². The van der Waals surface area contributed by atoms with Crippen LogP contribution in [0.1, 0.15) is 59.3 Å². The maximum absolute atomic E-state index is 12.0. The summed E-state index contributed by atoms with van der Waals surface area (Å²) in [5.74, 6) is 3.18. The van der Waals surface area contributed by atoms with Crippen LogP contribution >= 0.6 is 0 Å². The minimum Gasteiger partial charge on any atom is -0.365 e. The van der Waals surface area contributed by atoms with Crippen molar-refractivity contribution in [3.8, 4) is 0 Å². The summed E-state index contributed by atoms with van der Waals surface area (Å²) in [5.41, 5.74) is 1.85. The number of aromatic nitrogens is 4. The maximum atomic E-state index is 12.0. The van der Waals surface area contributed by atoms with Crippen molar-refractivity contribution in [3.63, 3.8) is 0 Å². The number of hydrogen-bond donors (Lipinski definition) is 2. The van der Waals surface area contributed by atoms with Crippen LogP contribution in [0.3, 0.4) is 0 Å². The van der Waals surface area contributed by atoms with Gasteiger partial charge in [-0.2, -0.15) is 0 Å². The van der Waals surface area contributed by atoms with Gasteiger partial charge in [-0.15, -0.1) is 0 Å². The van der Waals surface area contributed by atoms with E-state index in [1.807, 2.05) is 26.1 Å². The van der Waals surface area contributed by atoms with E-state index in [4.69, 9.17) is 4.98 Å². The molecule has 0 bridgehead atoms. The van der Waals surface area contributed by atoms with Crippen LogP contribution in [0.5, 0.6) is 0 Å². The fourth-order valence-electron chi connectivity index (χ4n) is 3.73. The summed E-state index contributed by atoms with van der Waals surface area (Å²) in [6.07, 6.45) is 6.50. The molecule has 0 unspecified atom stereocenters. The Balaban J connectivity index is 1.47. The largest absolute Gasteiger partial charge is 0.365 e. The monoisotopic (exact) mass is 381 g/mol. The van der Waals surface area contributed by atoms with E-state index in [1.54, 1.807) is 7.05 Å². The van der Waals surface area contributed by atoms with E-state index < -0.39 is 0 Å². The van der Waals surface area contributed by atoms with Gasteiger partial charge in [0.25, 0.3) is 5.91 Å². The smallest absolute Gasteiger partial charge is 0.288 e. The van der Waals surface area contributed by atoms with Gasteiger partial charge in [-0.3, -0.25) is 4.79 Å². The minimum atomic E-state index is -0.261. The molecule has 8 heteroatoms. The lowest BCUT2D eigenvalue weighted by molar-refractivity contribution is 0.0952. The van der Waals surface area contributed by atoms with Crippen LogP contribution in [0.15, 0.2) is 12.3 Å². The Morgan fingerprint density at radius 2 is 2.00 bits per heavy atom. The van der Waals surface area contributed by atoms with E-state index in [9.17, 15) is 4.79 Å². The number of carbonyl (C=O) groups excluding carboxylic acids is 1. The van der Waals surface area contributed by atoms with Crippen molar-refractivity contribution in [3.05, 3.63) is 35.2 Å². The van der Waals surface area contributed by atoms with E-state index >= 15 is 0 Å². The molecule has 2 N–H and O–H groups in total. The van der Waals surface area contributed by atoms with Crippen LogP contribution in [0.4, 0.5) is 11.6 Å². The van der Waals surface area contributed by atoms with Crippen molar-refractivity contribution in [2.45, 2.75) is 51.5 Å². The fraction of sp³-hybridized carbons (Fsp3) is 0.550. The third-order valence-electron chi connectivity index (χ3n) is 5.78. The Morgan fingerprint density at radius 1 is 1.18 bits per heavy atom. The predicted molar refractivity (Wildman–Crippen MR) is 108 cm³/mol. The van der Waals surface area contributed by atoms with Gasteiger partial charge in [0.05, 0.1) is 0 Å². The number of aryl methyl sites for hydroxylation is 1. The van der Waals surface area contributed by atoms with Gasteiger partial charge in [-0.1, -0.05) is 6.42 Å². The topological polar surface area (TPSA) is 95.9 Å². The van der Waals surface area contributed by atoms with Gasteiger partial charge in [-0.05, 0) is 39.2 Å². The molecule has 2 aromatic heterocycles. The number of anilines is 2. The molecule has 8 nitrogen and oxygen atoms in total. The van der Waals surface area contributed by atoms with Crippen molar-refractivity contribution < 1.29 is 4.79 Å². The van der Waals surface area contributed by atoms with Gasteiger partial charge in [-0.25, -0.2) is 19.9 Å². The fourth-order valence-corrected chi connectivity index (χ4v) is 3.73. The summed E-state index contributed by atoms with van der Waals surface area (Å²) in [6.45, 7) is 5.62. The van der Waals surface area contributed by atoms with Crippen LogP contribution in [-0.4, -0.2) is 52.0 Å². The minimum absolute atomic E-state index is 0.220. The molecule has 0 radical (unpaired) electrons. The molecule has 2 aliphatic rings. The van der Waals surface area contributed by atoms with Crippen molar-refractivity contribution in [1.29, 1.82) is 0 Å². The Kier molecular flexibility index (Phi) is 5.11. The standard InChI is InChI=1S/C20H27N7O/c1-12-13(2)23-18(20(28)21-3)26-19(12)27-10-8-15(11-27)24-16-7-9-22-17(25-16)14-5-4-6-14/h7,9,14-15H,4-6,8,10-11H2,1-3H3,(H,21,28)(H,22,24,25)/t15-/m1/s1. The molecule has 1 amide bonds. The molecule has 1 atom stereocenters. The van der Waals surface area contributed by atoms with Gasteiger partial charge >= 0.3 is 0 Å². The predicted octanol–water partition coefficient (Wildman–Crippen LogP) is 2.20. The third kappa shape index (κ3) is 3.63. The van der Waals surface area contributed by atoms with Gasteiger partial charge in [0.1, 0.15) is 17.5 Å². The highest BCUT2D eigenvalue weighted by Crippen LogP contribution is 2.34. The number of nitrogens with one attached hydrogen (secondary N) is 2. The second kappa shape index (κ2) is 7.69. The first-order valence-electron chi connectivity index (χ1n) is 9.97. The molecule has 1 saturated carbocycles. The Labute approximate surface area is 165 Å². The summed E-state index contributed by atoms with van der Waals surface area (Å²) in [4.78, 5) is 32.2. The lowest BCUT2D eigenvalue weighted by Gasteiger charge is -2.24. The number of carbonyl (C=O) groups is 1. The number of rotatable bonds is 5. The average molecular weight is 381 g/mol. The average Bonchev–Trinajstić information content (AvgIpc) is 3.10. The molecule has 4 rings (SSSR count). The number of amides is 1. The van der Waals surface area contributed by atoms with E-state index in [1.165, 1.54) is 19.3 Å². The second-order valence-corrected chi connectivity index (χ2v) is 7.66. The van der Waals surface area contributed by atoms with E-state index in [2.05, 4.69) is 30.5 Å². The zero-order valence-electron chi connectivity index (χ0n) is 16.7. The van der Waals surface area contributed by atoms with Gasteiger partial charge < -0.3 is 15.5 Å². The Hall–Kier alpha value is -2.77. The molecule has 2 aromatic rings. The van der Waals surface area contributed by atoms with Gasteiger partial charge in [0.2, 0.25) is 5.82 Å².